The summed E-state index contributed by atoms with van der Waals surface area (Å²) in [5.74, 6) is 0. The Hall–Kier alpha value is -2.14. The minimum atomic E-state index is -5.43. The standard InChI is InChI=1S/C14H15F3N4O3S/c1-9(22)11-8-21(19-18-11)10-6-20(7-10)12-4-2-3-5-13(12)25(23,24)14(15,16)17/h2-5,8-10,22H,6-7H2,1H3/t9-/m1/s1. The molecule has 136 valence electrons. The number of anilines is 1. The van der Waals surface area contributed by atoms with Crippen molar-refractivity contribution in [2.24, 2.45) is 0 Å². The highest BCUT2D eigenvalue weighted by Crippen LogP contribution is 2.38. The number of hydrogen-bond donors (Lipinski definition) is 1. The molecule has 11 heteroatoms. The van der Waals surface area contributed by atoms with Gasteiger partial charge in [0.15, 0.2) is 0 Å². The Morgan fingerprint density at radius 1 is 1.28 bits per heavy atom. The number of benzene rings is 1. The number of rotatable bonds is 4. The van der Waals surface area contributed by atoms with Crippen molar-refractivity contribution in [1.82, 2.24) is 15.0 Å². The van der Waals surface area contributed by atoms with Crippen molar-refractivity contribution < 1.29 is 26.7 Å². The maximum Gasteiger partial charge on any atom is 0.501 e. The summed E-state index contributed by atoms with van der Waals surface area (Å²) in [4.78, 5) is 0.775. The van der Waals surface area contributed by atoms with E-state index in [2.05, 4.69) is 10.3 Å². The van der Waals surface area contributed by atoms with E-state index in [0.29, 0.717) is 5.69 Å². The Morgan fingerprint density at radius 3 is 2.48 bits per heavy atom. The lowest BCUT2D eigenvalue weighted by Crippen LogP contribution is -2.48. The lowest BCUT2D eigenvalue weighted by atomic mass is 10.1. The first-order valence-electron chi connectivity index (χ1n) is 7.36. The first-order valence-corrected chi connectivity index (χ1v) is 8.84. The molecule has 7 nitrogen and oxygen atoms in total. The molecule has 0 amide bonds. The Labute approximate surface area is 141 Å². The smallest absolute Gasteiger partial charge is 0.387 e. The quantitative estimate of drug-likeness (QED) is 0.874. The summed E-state index contributed by atoms with van der Waals surface area (Å²) < 4.78 is 63.6. The minimum Gasteiger partial charge on any atom is -0.387 e. The zero-order valence-electron chi connectivity index (χ0n) is 13.1. The van der Waals surface area contributed by atoms with Gasteiger partial charge in [-0.25, -0.2) is 13.1 Å². The zero-order chi connectivity index (χ0) is 18.4. The van der Waals surface area contributed by atoms with E-state index in [9.17, 15) is 26.7 Å². The monoisotopic (exact) mass is 376 g/mol. The van der Waals surface area contributed by atoms with Gasteiger partial charge in [-0.15, -0.1) is 5.10 Å². The summed E-state index contributed by atoms with van der Waals surface area (Å²) in [5.41, 5.74) is -4.96. The van der Waals surface area contributed by atoms with Crippen molar-refractivity contribution in [1.29, 1.82) is 0 Å². The van der Waals surface area contributed by atoms with Gasteiger partial charge in [-0.3, -0.25) is 0 Å². The fourth-order valence-electron chi connectivity index (χ4n) is 2.55. The van der Waals surface area contributed by atoms with Crippen LogP contribution < -0.4 is 4.90 Å². The van der Waals surface area contributed by atoms with E-state index in [4.69, 9.17) is 0 Å². The van der Waals surface area contributed by atoms with E-state index < -0.39 is 26.3 Å². The summed E-state index contributed by atoms with van der Waals surface area (Å²) in [6, 6.07) is 4.87. The molecule has 0 spiro atoms. The molecule has 1 aliphatic heterocycles. The fraction of sp³-hybridized carbons (Fsp3) is 0.429. The summed E-state index contributed by atoms with van der Waals surface area (Å²) in [5, 5.41) is 17.1. The Balaban J connectivity index is 1.82. The first kappa shape index (κ1) is 17.7. The van der Waals surface area contributed by atoms with Crippen LogP contribution in [0, 0.1) is 0 Å². The number of aliphatic hydroxyl groups excluding tert-OH is 1. The molecule has 1 atom stereocenters. The summed E-state index contributed by atoms with van der Waals surface area (Å²) in [6.45, 7) is 2.11. The number of aromatic nitrogens is 3. The predicted molar refractivity (Wildman–Crippen MR) is 81.6 cm³/mol. The first-order chi connectivity index (χ1) is 11.6. The number of halogens is 3. The van der Waals surface area contributed by atoms with E-state index in [1.165, 1.54) is 27.8 Å². The molecule has 0 unspecified atom stereocenters. The second kappa shape index (κ2) is 5.99. The maximum absolute atomic E-state index is 12.9. The molecular weight excluding hydrogens is 361 g/mol. The predicted octanol–water partition coefficient (Wildman–Crippen LogP) is 1.69. The summed E-state index contributed by atoms with van der Waals surface area (Å²) >= 11 is 0. The number of para-hydroxylation sites is 1. The van der Waals surface area contributed by atoms with Gasteiger partial charge < -0.3 is 10.0 Å². The van der Waals surface area contributed by atoms with E-state index in [0.717, 1.165) is 6.07 Å². The van der Waals surface area contributed by atoms with Gasteiger partial charge in [0.05, 0.1) is 28.9 Å². The van der Waals surface area contributed by atoms with Gasteiger partial charge >= 0.3 is 5.51 Å². The second-order valence-corrected chi connectivity index (χ2v) is 7.68. The highest BCUT2D eigenvalue weighted by atomic mass is 32.2. The van der Waals surface area contributed by atoms with E-state index in [-0.39, 0.29) is 24.8 Å². The van der Waals surface area contributed by atoms with Crippen molar-refractivity contribution in [2.45, 2.75) is 29.5 Å². The van der Waals surface area contributed by atoms with Gasteiger partial charge in [-0.05, 0) is 19.1 Å². The Bertz CT molecular complexity index is 873. The van der Waals surface area contributed by atoms with Crippen molar-refractivity contribution >= 4 is 15.5 Å². The largest absolute Gasteiger partial charge is 0.501 e. The second-order valence-electron chi connectivity index (χ2n) is 5.78. The van der Waals surface area contributed by atoms with Crippen LogP contribution in [0.25, 0.3) is 0 Å². The Kier molecular flexibility index (Phi) is 4.23. The lowest BCUT2D eigenvalue weighted by molar-refractivity contribution is -0.0435. The zero-order valence-corrected chi connectivity index (χ0v) is 13.9. The average Bonchev–Trinajstić information content (AvgIpc) is 2.94. The highest BCUT2D eigenvalue weighted by molar-refractivity contribution is 7.92. The topological polar surface area (TPSA) is 88.3 Å². The van der Waals surface area contributed by atoms with Gasteiger partial charge in [0.2, 0.25) is 0 Å². The average molecular weight is 376 g/mol. The molecule has 2 aromatic rings. The Morgan fingerprint density at radius 2 is 1.92 bits per heavy atom. The molecule has 0 radical (unpaired) electrons. The molecule has 3 rings (SSSR count). The minimum absolute atomic E-state index is 0.00643. The van der Waals surface area contributed by atoms with Gasteiger partial charge in [-0.2, -0.15) is 13.2 Å². The van der Waals surface area contributed by atoms with Gasteiger partial charge in [-0.1, -0.05) is 17.3 Å². The third-order valence-corrected chi connectivity index (χ3v) is 5.53. The maximum atomic E-state index is 12.9. The molecule has 1 aromatic carbocycles. The molecule has 25 heavy (non-hydrogen) atoms. The van der Waals surface area contributed by atoms with Crippen molar-refractivity contribution in [3.05, 3.63) is 36.2 Å². The molecular formula is C14H15F3N4O3S. The number of aliphatic hydroxyl groups is 1. The van der Waals surface area contributed by atoms with Crippen LogP contribution in [0.5, 0.6) is 0 Å². The molecule has 0 aliphatic carbocycles. The van der Waals surface area contributed by atoms with Crippen LogP contribution in [0.15, 0.2) is 35.4 Å². The van der Waals surface area contributed by atoms with Crippen molar-refractivity contribution in [3.8, 4) is 0 Å². The molecule has 1 aromatic heterocycles. The molecule has 2 heterocycles. The van der Waals surface area contributed by atoms with Crippen LogP contribution in [0.3, 0.4) is 0 Å². The van der Waals surface area contributed by atoms with Crippen LogP contribution in [0.4, 0.5) is 18.9 Å². The van der Waals surface area contributed by atoms with Gasteiger partial charge in [0, 0.05) is 13.1 Å². The normalized spacial score (nSPS) is 17.4. The fourth-order valence-corrected chi connectivity index (χ4v) is 3.53. The van der Waals surface area contributed by atoms with Crippen molar-refractivity contribution in [2.75, 3.05) is 18.0 Å². The molecule has 1 fully saturated rings. The van der Waals surface area contributed by atoms with E-state index in [1.807, 2.05) is 0 Å². The third kappa shape index (κ3) is 3.09. The molecule has 0 saturated carbocycles. The third-order valence-electron chi connectivity index (χ3n) is 3.99. The van der Waals surface area contributed by atoms with Gasteiger partial charge in [0.25, 0.3) is 9.84 Å². The number of nitrogens with zero attached hydrogens (tertiary/aromatic N) is 4. The molecule has 1 N–H and O–H groups in total. The SMILES string of the molecule is C[C@@H](O)c1cn(C2CN(c3ccccc3S(=O)(=O)C(F)(F)F)C2)nn1. The number of hydrogen-bond acceptors (Lipinski definition) is 6. The molecule has 1 saturated heterocycles. The number of alkyl halides is 3. The van der Waals surface area contributed by atoms with Crippen molar-refractivity contribution in [3.63, 3.8) is 0 Å². The molecule has 1 aliphatic rings. The van der Waals surface area contributed by atoms with Crippen LogP contribution in [0.2, 0.25) is 0 Å². The van der Waals surface area contributed by atoms with Crippen LogP contribution in [0.1, 0.15) is 24.8 Å². The van der Waals surface area contributed by atoms with Gasteiger partial charge in [0.1, 0.15) is 5.69 Å². The van der Waals surface area contributed by atoms with Crippen LogP contribution >= 0.6 is 0 Å². The summed E-state index contributed by atoms with van der Waals surface area (Å²) in [6.07, 6.45) is 0.785. The highest BCUT2D eigenvalue weighted by Gasteiger charge is 2.49. The van der Waals surface area contributed by atoms with E-state index >= 15 is 0 Å². The lowest BCUT2D eigenvalue weighted by Gasteiger charge is -2.41. The summed E-state index contributed by atoms with van der Waals surface area (Å²) in [7, 11) is -5.43. The van der Waals surface area contributed by atoms with Crippen LogP contribution in [-0.4, -0.2) is 47.1 Å². The number of sulfone groups is 1. The van der Waals surface area contributed by atoms with E-state index in [1.54, 1.807) is 13.1 Å². The van der Waals surface area contributed by atoms with Crippen LogP contribution in [-0.2, 0) is 9.84 Å². The molecule has 0 bridgehead atoms.